The van der Waals surface area contributed by atoms with Gasteiger partial charge in [-0.3, -0.25) is 14.9 Å². The summed E-state index contributed by atoms with van der Waals surface area (Å²) < 4.78 is 5.18. The number of nitrogens with zero attached hydrogens (tertiary/aromatic N) is 2. The van der Waals surface area contributed by atoms with Crippen molar-refractivity contribution >= 4 is 35.8 Å². The molecule has 1 fully saturated rings. The van der Waals surface area contributed by atoms with E-state index >= 15 is 0 Å². The van der Waals surface area contributed by atoms with E-state index in [1.165, 1.54) is 24.9 Å². The third-order valence-corrected chi connectivity index (χ3v) is 4.94. The van der Waals surface area contributed by atoms with Crippen LogP contribution in [0.1, 0.15) is 23.7 Å². The molecule has 1 aromatic rings. The average molecular weight is 376 g/mol. The molecule has 1 aliphatic rings. The summed E-state index contributed by atoms with van der Waals surface area (Å²) in [5, 5.41) is 11.4. The molecule has 1 aliphatic heterocycles. The Morgan fingerprint density at radius 1 is 1.54 bits per heavy atom. The van der Waals surface area contributed by atoms with E-state index in [1.54, 1.807) is 11.0 Å². The van der Waals surface area contributed by atoms with Crippen LogP contribution in [0.15, 0.2) is 17.0 Å². The lowest BCUT2D eigenvalue weighted by molar-refractivity contribution is -0.385. The second-order valence-electron chi connectivity index (χ2n) is 5.63. The van der Waals surface area contributed by atoms with Crippen molar-refractivity contribution in [3.63, 3.8) is 0 Å². The van der Waals surface area contributed by atoms with Gasteiger partial charge < -0.3 is 15.4 Å². The molecular formula is C15H22ClN3O4S. The number of nitro benzene ring substituents is 1. The number of amides is 1. The molecule has 0 aromatic heterocycles. The van der Waals surface area contributed by atoms with Gasteiger partial charge in [-0.25, -0.2) is 0 Å². The summed E-state index contributed by atoms with van der Waals surface area (Å²) in [4.78, 5) is 26.0. The van der Waals surface area contributed by atoms with Gasteiger partial charge in [-0.1, -0.05) is 0 Å². The number of carbonyl (C=O) groups is 1. The van der Waals surface area contributed by atoms with E-state index in [9.17, 15) is 14.9 Å². The van der Waals surface area contributed by atoms with Crippen LogP contribution in [-0.4, -0.2) is 48.2 Å². The first kappa shape index (κ1) is 20.5. The molecule has 0 spiro atoms. The summed E-state index contributed by atoms with van der Waals surface area (Å²) in [7, 11) is 1.45. The number of benzene rings is 1. The second-order valence-corrected chi connectivity index (χ2v) is 6.47. The zero-order valence-electron chi connectivity index (χ0n) is 13.9. The molecule has 2 N–H and O–H groups in total. The van der Waals surface area contributed by atoms with Gasteiger partial charge in [-0.05, 0) is 38.1 Å². The molecule has 2 atom stereocenters. The van der Waals surface area contributed by atoms with Crippen molar-refractivity contribution < 1.29 is 14.5 Å². The Labute approximate surface area is 151 Å². The lowest BCUT2D eigenvalue weighted by atomic mass is 10.1. The predicted molar refractivity (Wildman–Crippen MR) is 96.3 cm³/mol. The summed E-state index contributed by atoms with van der Waals surface area (Å²) in [6.45, 7) is 2.99. The van der Waals surface area contributed by atoms with Crippen LogP contribution in [0.25, 0.3) is 0 Å². The summed E-state index contributed by atoms with van der Waals surface area (Å²) in [5.41, 5.74) is 5.57. The first-order valence-electron chi connectivity index (χ1n) is 7.34. The normalized spacial score (nSPS) is 19.8. The number of rotatable bonds is 5. The van der Waals surface area contributed by atoms with Gasteiger partial charge in [-0.2, -0.15) is 0 Å². The molecule has 1 amide bonds. The number of carbonyl (C=O) groups excluding carboxylic acids is 1. The zero-order chi connectivity index (χ0) is 17.1. The number of likely N-dealkylation sites (tertiary alicyclic amines) is 1. The lowest BCUT2D eigenvalue weighted by Crippen LogP contribution is -2.34. The largest absolute Gasteiger partial charge is 0.495 e. The maximum atomic E-state index is 12.8. The Balaban J connectivity index is 0.00000288. The molecule has 2 unspecified atom stereocenters. The number of hydrogen-bond donors (Lipinski definition) is 1. The number of halogens is 1. The van der Waals surface area contributed by atoms with Crippen LogP contribution in [0.4, 0.5) is 5.69 Å². The summed E-state index contributed by atoms with van der Waals surface area (Å²) >= 11 is 1.38. The van der Waals surface area contributed by atoms with Crippen LogP contribution in [0, 0.1) is 16.0 Å². The number of thioether (sulfide) groups is 1. The van der Waals surface area contributed by atoms with Gasteiger partial charge in [0.05, 0.1) is 23.0 Å². The Hall–Kier alpha value is -1.51. The fourth-order valence-electron chi connectivity index (χ4n) is 2.94. The molecule has 7 nitrogen and oxygen atoms in total. The van der Waals surface area contributed by atoms with Crippen molar-refractivity contribution in [2.45, 2.75) is 24.3 Å². The number of nitrogens with two attached hydrogens (primary N) is 1. The Morgan fingerprint density at radius 2 is 2.21 bits per heavy atom. The highest BCUT2D eigenvalue weighted by Gasteiger charge is 2.35. The first-order chi connectivity index (χ1) is 10.9. The van der Waals surface area contributed by atoms with Crippen molar-refractivity contribution in [1.29, 1.82) is 0 Å². The van der Waals surface area contributed by atoms with Crippen LogP contribution in [-0.2, 0) is 0 Å². The van der Waals surface area contributed by atoms with E-state index in [2.05, 4.69) is 0 Å². The molecule has 9 heteroatoms. The Kier molecular flexibility index (Phi) is 7.31. The highest BCUT2D eigenvalue weighted by atomic mass is 35.5. The molecular weight excluding hydrogens is 354 g/mol. The van der Waals surface area contributed by atoms with Crippen LogP contribution in [0.2, 0.25) is 0 Å². The fourth-order valence-corrected chi connectivity index (χ4v) is 3.52. The fraction of sp³-hybridized carbons (Fsp3) is 0.533. The van der Waals surface area contributed by atoms with Crippen LogP contribution >= 0.6 is 24.2 Å². The predicted octanol–water partition coefficient (Wildman–Crippen LogP) is 2.56. The van der Waals surface area contributed by atoms with Gasteiger partial charge in [0.15, 0.2) is 0 Å². The summed E-state index contributed by atoms with van der Waals surface area (Å²) in [5.74, 6) is 0.319. The lowest BCUT2D eigenvalue weighted by Gasteiger charge is -2.22. The molecule has 1 saturated heterocycles. The molecule has 2 rings (SSSR count). The smallest absolute Gasteiger partial charge is 0.285 e. The zero-order valence-corrected chi connectivity index (χ0v) is 15.5. The first-order valence-corrected chi connectivity index (χ1v) is 8.56. The van der Waals surface area contributed by atoms with Crippen molar-refractivity contribution in [2.24, 2.45) is 11.7 Å². The number of hydrogen-bond acceptors (Lipinski definition) is 6. The molecule has 134 valence electrons. The molecule has 0 aliphatic carbocycles. The van der Waals surface area contributed by atoms with E-state index < -0.39 is 4.92 Å². The van der Waals surface area contributed by atoms with E-state index in [0.29, 0.717) is 23.7 Å². The van der Waals surface area contributed by atoms with Crippen LogP contribution in [0.5, 0.6) is 5.75 Å². The van der Waals surface area contributed by atoms with Gasteiger partial charge >= 0.3 is 0 Å². The third-order valence-electron chi connectivity index (χ3n) is 4.18. The molecule has 1 aromatic carbocycles. The van der Waals surface area contributed by atoms with Gasteiger partial charge in [-0.15, -0.1) is 24.2 Å². The van der Waals surface area contributed by atoms with Crippen molar-refractivity contribution in [3.05, 3.63) is 27.8 Å². The van der Waals surface area contributed by atoms with E-state index in [0.717, 1.165) is 6.42 Å². The number of ether oxygens (including phenoxy) is 1. The van der Waals surface area contributed by atoms with E-state index in [-0.39, 0.29) is 41.5 Å². The van der Waals surface area contributed by atoms with E-state index in [1.807, 2.05) is 13.2 Å². The molecule has 0 saturated carbocycles. The molecule has 1 heterocycles. The monoisotopic (exact) mass is 375 g/mol. The summed E-state index contributed by atoms with van der Waals surface area (Å²) in [6.07, 6.45) is 2.66. The Morgan fingerprint density at radius 3 is 2.67 bits per heavy atom. The third kappa shape index (κ3) is 3.93. The minimum Gasteiger partial charge on any atom is -0.495 e. The van der Waals surface area contributed by atoms with Crippen LogP contribution < -0.4 is 10.5 Å². The Bertz CT molecular complexity index is 629. The van der Waals surface area contributed by atoms with Crippen molar-refractivity contribution in [3.8, 4) is 5.75 Å². The van der Waals surface area contributed by atoms with Crippen molar-refractivity contribution in [1.82, 2.24) is 4.90 Å². The van der Waals surface area contributed by atoms with Crippen LogP contribution in [0.3, 0.4) is 0 Å². The minimum absolute atomic E-state index is 0. The average Bonchev–Trinajstić information content (AvgIpc) is 2.93. The standard InChI is InChI=1S/C15H21N3O4S.ClH/c1-9-4-10(7-16)8-17(9)15(19)11-5-14(23-3)13(22-2)6-12(11)18(20)21;/h5-6,9-10H,4,7-8,16H2,1-3H3;1H. The SMILES string of the molecule is COc1cc([N+](=O)[O-])c(C(=O)N2CC(CN)CC2C)cc1SC.Cl. The van der Waals surface area contributed by atoms with Gasteiger partial charge in [0.2, 0.25) is 0 Å². The quantitative estimate of drug-likeness (QED) is 0.482. The maximum Gasteiger partial charge on any atom is 0.285 e. The van der Waals surface area contributed by atoms with E-state index in [4.69, 9.17) is 10.5 Å². The number of nitro groups is 1. The second kappa shape index (κ2) is 8.55. The highest BCUT2D eigenvalue weighted by Crippen LogP contribution is 2.36. The molecule has 24 heavy (non-hydrogen) atoms. The maximum absolute atomic E-state index is 12.8. The number of methoxy groups -OCH3 is 1. The minimum atomic E-state index is -0.541. The topological polar surface area (TPSA) is 98.7 Å². The highest BCUT2D eigenvalue weighted by molar-refractivity contribution is 7.98. The van der Waals surface area contributed by atoms with Gasteiger partial charge in [0.25, 0.3) is 11.6 Å². The van der Waals surface area contributed by atoms with Gasteiger partial charge in [0.1, 0.15) is 11.3 Å². The van der Waals surface area contributed by atoms with Crippen molar-refractivity contribution in [2.75, 3.05) is 26.5 Å². The van der Waals surface area contributed by atoms with Gasteiger partial charge in [0, 0.05) is 12.6 Å². The molecule has 0 radical (unpaired) electrons. The molecule has 0 bridgehead atoms. The summed E-state index contributed by atoms with van der Waals surface area (Å²) in [6, 6.07) is 2.89.